The fourth-order valence-corrected chi connectivity index (χ4v) is 4.17. The zero-order valence-electron chi connectivity index (χ0n) is 16.9. The molecule has 4 rings (SSSR count). The third-order valence-electron chi connectivity index (χ3n) is 5.71. The molecule has 1 N–H and O–H groups in total. The van der Waals surface area contributed by atoms with Crippen LogP contribution in [0.3, 0.4) is 0 Å². The highest BCUT2D eigenvalue weighted by atomic mass is 16.2. The van der Waals surface area contributed by atoms with Crippen LogP contribution in [0.4, 0.5) is 0 Å². The predicted octanol–water partition coefficient (Wildman–Crippen LogP) is 2.96. The zero-order chi connectivity index (χ0) is 21.0. The van der Waals surface area contributed by atoms with E-state index >= 15 is 0 Å². The Hall–Kier alpha value is -3.54. The molecule has 0 bridgehead atoms. The largest absolute Gasteiger partial charge is 0.359 e. The fraction of sp³-hybridized carbons (Fsp3) is 0.250. The van der Waals surface area contributed by atoms with Crippen LogP contribution in [0.2, 0.25) is 0 Å². The highest BCUT2D eigenvalue weighted by molar-refractivity contribution is 5.93. The van der Waals surface area contributed by atoms with Gasteiger partial charge in [0.1, 0.15) is 5.69 Å². The summed E-state index contributed by atoms with van der Waals surface area (Å²) in [5.74, 6) is -0.228. The van der Waals surface area contributed by atoms with Crippen LogP contribution in [0.1, 0.15) is 22.5 Å². The second-order valence-electron chi connectivity index (χ2n) is 7.67. The number of rotatable bonds is 5. The number of nitrogens with zero attached hydrogens (tertiary/aromatic N) is 3. The van der Waals surface area contributed by atoms with Gasteiger partial charge in [0.25, 0.3) is 5.91 Å². The lowest BCUT2D eigenvalue weighted by atomic mass is 9.79. The lowest BCUT2D eigenvalue weighted by Crippen LogP contribution is -2.44. The Morgan fingerprint density at radius 2 is 1.87 bits per heavy atom. The number of aromatic nitrogens is 2. The average molecular weight is 400 g/mol. The molecule has 0 saturated carbocycles. The summed E-state index contributed by atoms with van der Waals surface area (Å²) < 4.78 is 0. The van der Waals surface area contributed by atoms with Gasteiger partial charge in [-0.05, 0) is 29.5 Å². The minimum Gasteiger partial charge on any atom is -0.359 e. The van der Waals surface area contributed by atoms with Gasteiger partial charge in [-0.1, -0.05) is 54.6 Å². The molecular formula is C24H24N4O2. The SMILES string of the molecule is CNC(=O)[C@@]1(Cc2cccc(-c3ccccc3)c2)CCN(C(=O)c2cnccn2)C1. The normalized spacial score (nSPS) is 18.2. The summed E-state index contributed by atoms with van der Waals surface area (Å²) in [5.41, 5.74) is 2.97. The van der Waals surface area contributed by atoms with Gasteiger partial charge in [0, 0.05) is 32.5 Å². The smallest absolute Gasteiger partial charge is 0.274 e. The van der Waals surface area contributed by atoms with Crippen molar-refractivity contribution in [2.24, 2.45) is 5.41 Å². The molecule has 2 amide bonds. The van der Waals surface area contributed by atoms with Gasteiger partial charge >= 0.3 is 0 Å². The van der Waals surface area contributed by atoms with Crippen molar-refractivity contribution in [3.63, 3.8) is 0 Å². The van der Waals surface area contributed by atoms with Gasteiger partial charge in [0.2, 0.25) is 5.91 Å². The second-order valence-corrected chi connectivity index (χ2v) is 7.67. The van der Waals surface area contributed by atoms with Crippen LogP contribution in [-0.4, -0.2) is 46.8 Å². The summed E-state index contributed by atoms with van der Waals surface area (Å²) >= 11 is 0. The van der Waals surface area contributed by atoms with E-state index in [4.69, 9.17) is 0 Å². The Morgan fingerprint density at radius 3 is 2.60 bits per heavy atom. The third kappa shape index (κ3) is 3.94. The van der Waals surface area contributed by atoms with E-state index in [1.165, 1.54) is 18.6 Å². The van der Waals surface area contributed by atoms with Crippen molar-refractivity contribution >= 4 is 11.8 Å². The molecule has 1 aliphatic heterocycles. The van der Waals surface area contributed by atoms with Gasteiger partial charge in [0.05, 0.1) is 11.6 Å². The van der Waals surface area contributed by atoms with Crippen molar-refractivity contribution in [3.8, 4) is 11.1 Å². The quantitative estimate of drug-likeness (QED) is 0.715. The fourth-order valence-electron chi connectivity index (χ4n) is 4.17. The van der Waals surface area contributed by atoms with Crippen molar-refractivity contribution in [3.05, 3.63) is 84.4 Å². The molecule has 6 nitrogen and oxygen atoms in total. The molecule has 1 aliphatic rings. The van der Waals surface area contributed by atoms with Crippen LogP contribution in [0.25, 0.3) is 11.1 Å². The maximum Gasteiger partial charge on any atom is 0.274 e. The van der Waals surface area contributed by atoms with Gasteiger partial charge in [-0.25, -0.2) is 4.98 Å². The summed E-state index contributed by atoms with van der Waals surface area (Å²) in [6.45, 7) is 0.874. The first-order valence-corrected chi connectivity index (χ1v) is 10.0. The number of carbonyl (C=O) groups excluding carboxylic acids is 2. The van der Waals surface area contributed by atoms with Crippen LogP contribution in [0.5, 0.6) is 0 Å². The van der Waals surface area contributed by atoms with Crippen LogP contribution in [0.15, 0.2) is 73.2 Å². The molecule has 2 heterocycles. The molecule has 152 valence electrons. The number of benzene rings is 2. The summed E-state index contributed by atoms with van der Waals surface area (Å²) in [5, 5.41) is 2.81. The molecular weight excluding hydrogens is 376 g/mol. The van der Waals surface area contributed by atoms with Crippen molar-refractivity contribution in [2.45, 2.75) is 12.8 Å². The van der Waals surface area contributed by atoms with E-state index < -0.39 is 5.41 Å². The molecule has 0 unspecified atom stereocenters. The van der Waals surface area contributed by atoms with Gasteiger partial charge in [-0.15, -0.1) is 0 Å². The van der Waals surface area contributed by atoms with E-state index in [9.17, 15) is 9.59 Å². The minimum absolute atomic E-state index is 0.0398. The molecule has 0 aliphatic carbocycles. The molecule has 1 fully saturated rings. The van der Waals surface area contributed by atoms with Gasteiger partial charge in [0.15, 0.2) is 0 Å². The Morgan fingerprint density at radius 1 is 1.07 bits per heavy atom. The molecule has 3 aromatic rings. The summed E-state index contributed by atoms with van der Waals surface area (Å²) in [6, 6.07) is 18.4. The summed E-state index contributed by atoms with van der Waals surface area (Å²) in [6.07, 6.45) is 5.68. The number of likely N-dealkylation sites (tertiary alicyclic amines) is 1. The number of nitrogens with one attached hydrogen (secondary N) is 1. The van der Waals surface area contributed by atoms with Crippen molar-refractivity contribution in [1.82, 2.24) is 20.2 Å². The van der Waals surface area contributed by atoms with E-state index in [0.717, 1.165) is 16.7 Å². The lowest BCUT2D eigenvalue weighted by Gasteiger charge is -2.28. The van der Waals surface area contributed by atoms with E-state index in [1.807, 2.05) is 30.3 Å². The molecule has 1 aromatic heterocycles. The van der Waals surface area contributed by atoms with Crippen molar-refractivity contribution in [2.75, 3.05) is 20.1 Å². The lowest BCUT2D eigenvalue weighted by molar-refractivity contribution is -0.129. The maximum absolute atomic E-state index is 12.9. The average Bonchev–Trinajstić information content (AvgIpc) is 3.24. The Labute approximate surface area is 176 Å². The summed E-state index contributed by atoms with van der Waals surface area (Å²) in [4.78, 5) is 35.6. The molecule has 1 atom stereocenters. The van der Waals surface area contributed by atoms with Crippen LogP contribution in [0, 0.1) is 5.41 Å². The Kier molecular flexibility index (Phi) is 5.57. The molecule has 2 aromatic carbocycles. The van der Waals surface area contributed by atoms with Gasteiger partial charge < -0.3 is 10.2 Å². The minimum atomic E-state index is -0.665. The van der Waals surface area contributed by atoms with E-state index in [1.54, 1.807) is 11.9 Å². The molecule has 30 heavy (non-hydrogen) atoms. The molecule has 6 heteroatoms. The Bertz CT molecular complexity index is 1040. The molecule has 0 radical (unpaired) electrons. The van der Waals surface area contributed by atoms with E-state index in [0.29, 0.717) is 31.6 Å². The third-order valence-corrected chi connectivity index (χ3v) is 5.71. The molecule has 0 spiro atoms. The highest BCUT2D eigenvalue weighted by Gasteiger charge is 2.45. The monoisotopic (exact) mass is 400 g/mol. The van der Waals surface area contributed by atoms with Crippen molar-refractivity contribution < 1.29 is 9.59 Å². The van der Waals surface area contributed by atoms with Crippen LogP contribution in [-0.2, 0) is 11.2 Å². The number of carbonyl (C=O) groups is 2. The number of hydrogen-bond donors (Lipinski definition) is 1. The first-order valence-electron chi connectivity index (χ1n) is 10.0. The predicted molar refractivity (Wildman–Crippen MR) is 115 cm³/mol. The second kappa shape index (κ2) is 8.45. The van der Waals surface area contributed by atoms with Gasteiger partial charge in [-0.2, -0.15) is 0 Å². The van der Waals surface area contributed by atoms with Gasteiger partial charge in [-0.3, -0.25) is 14.6 Å². The van der Waals surface area contributed by atoms with Crippen LogP contribution < -0.4 is 5.32 Å². The Balaban J connectivity index is 1.59. The van der Waals surface area contributed by atoms with E-state index in [2.05, 4.69) is 39.6 Å². The number of hydrogen-bond acceptors (Lipinski definition) is 4. The molecule has 1 saturated heterocycles. The zero-order valence-corrected chi connectivity index (χ0v) is 16.9. The summed E-state index contributed by atoms with van der Waals surface area (Å²) in [7, 11) is 1.65. The first-order chi connectivity index (χ1) is 14.6. The topological polar surface area (TPSA) is 75.2 Å². The maximum atomic E-state index is 12.9. The first kappa shape index (κ1) is 19.8. The number of amides is 2. The highest BCUT2D eigenvalue weighted by Crippen LogP contribution is 2.36. The van der Waals surface area contributed by atoms with E-state index in [-0.39, 0.29) is 11.8 Å². The standard InChI is InChI=1S/C24H24N4O2/c1-25-23(30)24(10-13-28(17-24)22(29)21-16-26-11-12-27-21)15-18-6-5-9-20(14-18)19-7-3-2-4-8-19/h2-9,11-12,14,16H,10,13,15,17H2,1H3,(H,25,30)/t24-/m1/s1. The van der Waals surface area contributed by atoms with Crippen LogP contribution >= 0.6 is 0 Å². The van der Waals surface area contributed by atoms with Crippen molar-refractivity contribution in [1.29, 1.82) is 0 Å².